The molecule has 0 aliphatic heterocycles. The van der Waals surface area contributed by atoms with E-state index < -0.39 is 0 Å². The van der Waals surface area contributed by atoms with Crippen molar-refractivity contribution in [2.24, 2.45) is 0 Å². The SMILES string of the molecule is CCCCCCCCCCN(OCC)c1ccccc1. The molecule has 2 heteroatoms. The van der Waals surface area contributed by atoms with Gasteiger partial charge >= 0.3 is 0 Å². The highest BCUT2D eigenvalue weighted by Crippen LogP contribution is 2.15. The molecule has 1 aromatic carbocycles. The van der Waals surface area contributed by atoms with Crippen LogP contribution in [0, 0.1) is 0 Å². The summed E-state index contributed by atoms with van der Waals surface area (Å²) in [5.41, 5.74) is 1.16. The lowest BCUT2D eigenvalue weighted by Gasteiger charge is -2.23. The molecule has 0 heterocycles. The van der Waals surface area contributed by atoms with Crippen molar-refractivity contribution in [2.45, 2.75) is 65.2 Å². The second kappa shape index (κ2) is 11.8. The normalized spacial score (nSPS) is 10.7. The van der Waals surface area contributed by atoms with Crippen molar-refractivity contribution < 1.29 is 4.84 Å². The number of para-hydroxylation sites is 1. The van der Waals surface area contributed by atoms with Crippen molar-refractivity contribution >= 4 is 5.69 Å². The Morgan fingerprint density at radius 2 is 1.40 bits per heavy atom. The summed E-state index contributed by atoms with van der Waals surface area (Å²) in [5, 5.41) is 2.04. The van der Waals surface area contributed by atoms with E-state index in [4.69, 9.17) is 4.84 Å². The van der Waals surface area contributed by atoms with Crippen LogP contribution < -0.4 is 5.06 Å². The lowest BCUT2D eigenvalue weighted by molar-refractivity contribution is 0.119. The summed E-state index contributed by atoms with van der Waals surface area (Å²) in [6, 6.07) is 10.4. The van der Waals surface area contributed by atoms with Gasteiger partial charge in [0.2, 0.25) is 0 Å². The van der Waals surface area contributed by atoms with Crippen LogP contribution in [0.2, 0.25) is 0 Å². The highest BCUT2D eigenvalue weighted by Gasteiger charge is 2.05. The van der Waals surface area contributed by atoms with Crippen LogP contribution in [-0.2, 0) is 4.84 Å². The third kappa shape index (κ3) is 7.54. The topological polar surface area (TPSA) is 12.5 Å². The largest absolute Gasteiger partial charge is 0.274 e. The molecule has 0 radical (unpaired) electrons. The Kier molecular flexibility index (Phi) is 10.0. The predicted octanol–water partition coefficient (Wildman–Crippen LogP) is 5.59. The van der Waals surface area contributed by atoms with Gasteiger partial charge in [-0.05, 0) is 25.5 Å². The molecular weight excluding hydrogens is 246 g/mol. The second-order valence-electron chi connectivity index (χ2n) is 5.33. The molecule has 0 atom stereocenters. The van der Waals surface area contributed by atoms with Crippen molar-refractivity contribution in [1.82, 2.24) is 0 Å². The molecule has 2 nitrogen and oxygen atoms in total. The van der Waals surface area contributed by atoms with Gasteiger partial charge in [-0.1, -0.05) is 70.1 Å². The first-order valence-corrected chi connectivity index (χ1v) is 8.34. The number of hydrogen-bond acceptors (Lipinski definition) is 2. The van der Waals surface area contributed by atoms with Crippen LogP contribution in [0.15, 0.2) is 30.3 Å². The summed E-state index contributed by atoms with van der Waals surface area (Å²) in [6.45, 7) is 6.04. The van der Waals surface area contributed by atoms with Crippen molar-refractivity contribution in [3.05, 3.63) is 30.3 Å². The molecule has 20 heavy (non-hydrogen) atoms. The smallest absolute Gasteiger partial charge is 0.0720 e. The average molecular weight is 277 g/mol. The summed E-state index contributed by atoms with van der Waals surface area (Å²) in [7, 11) is 0. The van der Waals surface area contributed by atoms with Gasteiger partial charge in [0.05, 0.1) is 12.3 Å². The molecule has 0 aromatic heterocycles. The number of benzene rings is 1. The van der Waals surface area contributed by atoms with Crippen LogP contribution in [0.25, 0.3) is 0 Å². The Balaban J connectivity index is 2.14. The summed E-state index contributed by atoms with van der Waals surface area (Å²) in [4.78, 5) is 5.72. The van der Waals surface area contributed by atoms with E-state index in [1.165, 1.54) is 51.4 Å². The first kappa shape index (κ1) is 17.0. The van der Waals surface area contributed by atoms with Gasteiger partial charge in [0, 0.05) is 6.54 Å². The van der Waals surface area contributed by atoms with E-state index in [2.05, 4.69) is 31.2 Å². The Hall–Kier alpha value is -1.02. The summed E-state index contributed by atoms with van der Waals surface area (Å²) in [5.74, 6) is 0. The number of hydroxylamine groups is 1. The van der Waals surface area contributed by atoms with Gasteiger partial charge in [-0.25, -0.2) is 0 Å². The molecule has 0 saturated heterocycles. The van der Waals surface area contributed by atoms with Gasteiger partial charge in [-0.2, -0.15) is 0 Å². The highest BCUT2D eigenvalue weighted by molar-refractivity contribution is 5.43. The molecule has 1 rings (SSSR count). The van der Waals surface area contributed by atoms with Crippen LogP contribution in [-0.4, -0.2) is 13.2 Å². The lowest BCUT2D eigenvalue weighted by Crippen LogP contribution is -2.24. The molecule has 0 amide bonds. The van der Waals surface area contributed by atoms with E-state index in [9.17, 15) is 0 Å². The second-order valence-corrected chi connectivity index (χ2v) is 5.33. The standard InChI is InChI=1S/C18H31NO/c1-3-5-6-7-8-9-10-14-17-19(20-4-2)18-15-12-11-13-16-18/h11-13,15-16H,3-10,14,17H2,1-2H3. The fourth-order valence-corrected chi connectivity index (χ4v) is 2.41. The van der Waals surface area contributed by atoms with Crippen LogP contribution in [0.3, 0.4) is 0 Å². The molecule has 0 aliphatic carbocycles. The van der Waals surface area contributed by atoms with Crippen molar-refractivity contribution in [3.63, 3.8) is 0 Å². The number of unbranched alkanes of at least 4 members (excludes halogenated alkanes) is 7. The predicted molar refractivity (Wildman–Crippen MR) is 88.0 cm³/mol. The fourth-order valence-electron chi connectivity index (χ4n) is 2.41. The maximum atomic E-state index is 5.72. The maximum absolute atomic E-state index is 5.72. The van der Waals surface area contributed by atoms with Gasteiger partial charge in [-0.3, -0.25) is 9.90 Å². The summed E-state index contributed by atoms with van der Waals surface area (Å²) in [6.07, 6.45) is 10.8. The van der Waals surface area contributed by atoms with E-state index in [1.54, 1.807) is 0 Å². The molecule has 1 aromatic rings. The van der Waals surface area contributed by atoms with Gasteiger partial charge in [0.1, 0.15) is 0 Å². The molecule has 0 bridgehead atoms. The van der Waals surface area contributed by atoms with Gasteiger partial charge < -0.3 is 0 Å². The molecule has 0 unspecified atom stereocenters. The third-order valence-electron chi connectivity index (χ3n) is 3.54. The first-order valence-electron chi connectivity index (χ1n) is 8.34. The van der Waals surface area contributed by atoms with Crippen LogP contribution >= 0.6 is 0 Å². The number of anilines is 1. The van der Waals surface area contributed by atoms with Crippen molar-refractivity contribution in [2.75, 3.05) is 18.2 Å². The average Bonchev–Trinajstić information content (AvgIpc) is 2.50. The van der Waals surface area contributed by atoms with Crippen LogP contribution in [0.1, 0.15) is 65.2 Å². The Labute approximate surface area is 125 Å². The molecular formula is C18H31NO. The summed E-state index contributed by atoms with van der Waals surface area (Å²) >= 11 is 0. The highest BCUT2D eigenvalue weighted by atomic mass is 16.7. The zero-order valence-electron chi connectivity index (χ0n) is 13.3. The molecule has 114 valence electrons. The minimum absolute atomic E-state index is 0.728. The molecule has 0 fully saturated rings. The number of nitrogens with zero attached hydrogens (tertiary/aromatic N) is 1. The zero-order chi connectivity index (χ0) is 14.5. The van der Waals surface area contributed by atoms with Crippen LogP contribution in [0.5, 0.6) is 0 Å². The van der Waals surface area contributed by atoms with E-state index >= 15 is 0 Å². The van der Waals surface area contributed by atoms with E-state index in [-0.39, 0.29) is 0 Å². The quantitative estimate of drug-likeness (QED) is 0.365. The van der Waals surface area contributed by atoms with Gasteiger partial charge in [-0.15, -0.1) is 0 Å². The third-order valence-corrected chi connectivity index (χ3v) is 3.54. The lowest BCUT2D eigenvalue weighted by atomic mass is 10.1. The van der Waals surface area contributed by atoms with Gasteiger partial charge in [0.15, 0.2) is 0 Å². The maximum Gasteiger partial charge on any atom is 0.0720 e. The van der Waals surface area contributed by atoms with Crippen LogP contribution in [0.4, 0.5) is 5.69 Å². The zero-order valence-corrected chi connectivity index (χ0v) is 13.3. The first-order chi connectivity index (χ1) is 9.88. The monoisotopic (exact) mass is 277 g/mol. The van der Waals surface area contributed by atoms with Crippen molar-refractivity contribution in [3.8, 4) is 0 Å². The number of rotatable bonds is 12. The van der Waals surface area contributed by atoms with Gasteiger partial charge in [0.25, 0.3) is 0 Å². The number of hydrogen-bond donors (Lipinski definition) is 0. The molecule has 0 aliphatic rings. The molecule has 0 saturated carbocycles. The fraction of sp³-hybridized carbons (Fsp3) is 0.667. The summed E-state index contributed by atoms with van der Waals surface area (Å²) < 4.78 is 0. The van der Waals surface area contributed by atoms with E-state index in [1.807, 2.05) is 18.1 Å². The minimum atomic E-state index is 0.728. The Bertz CT molecular complexity index is 312. The van der Waals surface area contributed by atoms with E-state index in [0.29, 0.717) is 0 Å². The van der Waals surface area contributed by atoms with E-state index in [0.717, 1.165) is 18.8 Å². The van der Waals surface area contributed by atoms with Crippen molar-refractivity contribution in [1.29, 1.82) is 0 Å². The molecule has 0 spiro atoms. The Morgan fingerprint density at radius 1 is 0.800 bits per heavy atom. The Morgan fingerprint density at radius 3 is 2.00 bits per heavy atom. The molecule has 0 N–H and O–H groups in total. The minimum Gasteiger partial charge on any atom is -0.274 e.